The van der Waals surface area contributed by atoms with Gasteiger partial charge in [-0.25, -0.2) is 4.79 Å². The highest BCUT2D eigenvalue weighted by molar-refractivity contribution is 5.92. The number of hydrogen-bond acceptors (Lipinski definition) is 5. The molecule has 2 N–H and O–H groups in total. The van der Waals surface area contributed by atoms with Gasteiger partial charge in [-0.3, -0.25) is 4.79 Å². The van der Waals surface area contributed by atoms with Gasteiger partial charge >= 0.3 is 6.03 Å². The van der Waals surface area contributed by atoms with Crippen LogP contribution in [0.25, 0.3) is 10.9 Å². The van der Waals surface area contributed by atoms with Gasteiger partial charge in [-0.1, -0.05) is 42.5 Å². The Morgan fingerprint density at radius 1 is 0.950 bits per heavy atom. The van der Waals surface area contributed by atoms with E-state index in [1.165, 1.54) is 4.90 Å². The van der Waals surface area contributed by atoms with Gasteiger partial charge in [0.15, 0.2) is 0 Å². The number of carbonyl (C=O) groups excluding carboxylic acids is 2. The van der Waals surface area contributed by atoms with E-state index in [2.05, 4.69) is 22.4 Å². The summed E-state index contributed by atoms with van der Waals surface area (Å²) in [5.41, 5.74) is 3.93. The number of urea groups is 1. The Balaban J connectivity index is 1.54. The first kappa shape index (κ1) is 28.2. The van der Waals surface area contributed by atoms with Crippen molar-refractivity contribution >= 4 is 28.5 Å². The highest BCUT2D eigenvalue weighted by Crippen LogP contribution is 2.22. The number of hydrogen-bond donors (Lipinski definition) is 2. The van der Waals surface area contributed by atoms with Crippen LogP contribution in [0.2, 0.25) is 0 Å². The molecule has 0 spiro atoms. The molecule has 0 bridgehead atoms. The zero-order chi connectivity index (χ0) is 28.3. The van der Waals surface area contributed by atoms with Gasteiger partial charge < -0.3 is 29.6 Å². The number of nitriles is 1. The Kier molecular flexibility index (Phi) is 9.75. The fourth-order valence-corrected chi connectivity index (χ4v) is 4.51. The van der Waals surface area contributed by atoms with E-state index in [-0.39, 0.29) is 25.6 Å². The standard InChI is InChI=1S/C31H33N5O4/c1-39-17-16-36(31(38)34-26-10-7-8-23(18-26)19-32)22-30(37)35(21-25-9-3-6-13-29(25)40-2)15-14-24-20-33-28-12-5-4-11-27(24)28/h3-13,18,20,33H,14-17,21-22H2,1-2H3,(H,34,38). The van der Waals surface area contributed by atoms with Crippen molar-refractivity contribution in [1.29, 1.82) is 5.26 Å². The van der Waals surface area contributed by atoms with Gasteiger partial charge in [-0.15, -0.1) is 0 Å². The van der Waals surface area contributed by atoms with Gasteiger partial charge in [0.25, 0.3) is 0 Å². The fraction of sp³-hybridized carbons (Fsp3) is 0.258. The fourth-order valence-electron chi connectivity index (χ4n) is 4.51. The van der Waals surface area contributed by atoms with Gasteiger partial charge in [0.1, 0.15) is 12.3 Å². The molecule has 0 unspecified atom stereocenters. The van der Waals surface area contributed by atoms with E-state index in [4.69, 9.17) is 9.47 Å². The molecule has 9 heteroatoms. The number of ether oxygens (including phenoxy) is 2. The first-order valence-electron chi connectivity index (χ1n) is 13.0. The molecule has 3 amide bonds. The van der Waals surface area contributed by atoms with Gasteiger partial charge in [0.2, 0.25) is 5.91 Å². The van der Waals surface area contributed by atoms with Crippen molar-refractivity contribution in [3.05, 3.63) is 95.7 Å². The number of aromatic amines is 1. The summed E-state index contributed by atoms with van der Waals surface area (Å²) in [4.78, 5) is 33.4. The summed E-state index contributed by atoms with van der Waals surface area (Å²) in [6.45, 7) is 1.12. The lowest BCUT2D eigenvalue weighted by molar-refractivity contribution is -0.132. The van der Waals surface area contributed by atoms with Crippen molar-refractivity contribution in [3.8, 4) is 11.8 Å². The topological polar surface area (TPSA) is 111 Å². The van der Waals surface area contributed by atoms with E-state index in [1.807, 2.05) is 48.7 Å². The average Bonchev–Trinajstić information content (AvgIpc) is 3.40. The lowest BCUT2D eigenvalue weighted by Crippen LogP contribution is -2.46. The summed E-state index contributed by atoms with van der Waals surface area (Å²) in [6.07, 6.45) is 2.61. The maximum absolute atomic E-state index is 13.8. The second-order valence-electron chi connectivity index (χ2n) is 9.27. The van der Waals surface area contributed by atoms with Crippen molar-refractivity contribution in [3.63, 3.8) is 0 Å². The Bertz CT molecular complexity index is 1490. The first-order valence-corrected chi connectivity index (χ1v) is 13.0. The van der Waals surface area contributed by atoms with Crippen LogP contribution >= 0.6 is 0 Å². The van der Waals surface area contributed by atoms with E-state index in [9.17, 15) is 14.9 Å². The Morgan fingerprint density at radius 2 is 1.75 bits per heavy atom. The summed E-state index contributed by atoms with van der Waals surface area (Å²) >= 11 is 0. The monoisotopic (exact) mass is 539 g/mol. The summed E-state index contributed by atoms with van der Waals surface area (Å²) in [5, 5.41) is 13.1. The zero-order valence-electron chi connectivity index (χ0n) is 22.7. The minimum atomic E-state index is -0.450. The number of H-pyrrole nitrogens is 1. The molecule has 1 aromatic heterocycles. The Morgan fingerprint density at radius 3 is 2.55 bits per heavy atom. The van der Waals surface area contributed by atoms with Crippen LogP contribution in [0, 0.1) is 11.3 Å². The average molecular weight is 540 g/mol. The van der Waals surface area contributed by atoms with Crippen molar-refractivity contribution in [1.82, 2.24) is 14.8 Å². The van der Waals surface area contributed by atoms with Crippen LogP contribution in [0.15, 0.2) is 79.0 Å². The minimum Gasteiger partial charge on any atom is -0.496 e. The summed E-state index contributed by atoms with van der Waals surface area (Å²) < 4.78 is 10.7. The number of rotatable bonds is 12. The van der Waals surface area contributed by atoms with Crippen molar-refractivity contribution in [2.45, 2.75) is 13.0 Å². The van der Waals surface area contributed by atoms with E-state index < -0.39 is 6.03 Å². The molecule has 0 aliphatic heterocycles. The molecule has 9 nitrogen and oxygen atoms in total. The van der Waals surface area contributed by atoms with Crippen LogP contribution in [0.1, 0.15) is 16.7 Å². The van der Waals surface area contributed by atoms with Crippen molar-refractivity contribution in [2.24, 2.45) is 0 Å². The first-order chi connectivity index (χ1) is 19.5. The summed E-state index contributed by atoms with van der Waals surface area (Å²) in [6, 6.07) is 23.9. The predicted molar refractivity (Wildman–Crippen MR) is 154 cm³/mol. The van der Waals surface area contributed by atoms with E-state index in [0.717, 1.165) is 22.0 Å². The lowest BCUT2D eigenvalue weighted by Gasteiger charge is -2.28. The molecule has 1 heterocycles. The summed E-state index contributed by atoms with van der Waals surface area (Å²) in [7, 11) is 3.15. The SMILES string of the molecule is COCCN(CC(=O)N(CCc1c[nH]c2ccccc12)Cc1ccccc1OC)C(=O)Nc1cccc(C#N)c1. The maximum Gasteiger partial charge on any atom is 0.322 e. The van der Waals surface area contributed by atoms with E-state index in [1.54, 1.807) is 43.4 Å². The third kappa shape index (κ3) is 7.18. The van der Waals surface area contributed by atoms with Crippen LogP contribution in [0.5, 0.6) is 5.75 Å². The molecular formula is C31H33N5O4. The molecule has 0 radical (unpaired) electrons. The number of nitrogens with one attached hydrogen (secondary N) is 2. The predicted octanol–water partition coefficient (Wildman–Crippen LogP) is 4.80. The molecule has 4 aromatic rings. The molecule has 4 rings (SSSR count). The van der Waals surface area contributed by atoms with Crippen LogP contribution < -0.4 is 10.1 Å². The number of benzene rings is 3. The second kappa shape index (κ2) is 13.8. The molecule has 0 atom stereocenters. The van der Waals surface area contributed by atoms with E-state index >= 15 is 0 Å². The number of anilines is 1. The molecule has 0 aliphatic rings. The molecule has 40 heavy (non-hydrogen) atoms. The van der Waals surface area contributed by atoms with Crippen LogP contribution in [-0.2, 0) is 22.5 Å². The molecule has 0 aliphatic carbocycles. The van der Waals surface area contributed by atoms with Gasteiger partial charge in [0.05, 0.1) is 25.3 Å². The molecule has 0 fully saturated rings. The Labute approximate surface area is 233 Å². The Hall–Kier alpha value is -4.81. The number of aromatic nitrogens is 1. The molecule has 3 aromatic carbocycles. The normalized spacial score (nSPS) is 10.6. The number of methoxy groups -OCH3 is 2. The smallest absolute Gasteiger partial charge is 0.322 e. The maximum atomic E-state index is 13.8. The van der Waals surface area contributed by atoms with Crippen LogP contribution in [-0.4, -0.2) is 67.2 Å². The molecule has 0 saturated heterocycles. The quantitative estimate of drug-likeness (QED) is 0.269. The number of fused-ring (bicyclic) bond motifs is 1. The zero-order valence-corrected chi connectivity index (χ0v) is 22.7. The molecule has 0 saturated carbocycles. The minimum absolute atomic E-state index is 0.143. The number of para-hydroxylation sites is 2. The lowest BCUT2D eigenvalue weighted by atomic mass is 10.1. The largest absolute Gasteiger partial charge is 0.496 e. The third-order valence-corrected chi connectivity index (χ3v) is 6.65. The highest BCUT2D eigenvalue weighted by atomic mass is 16.5. The number of nitrogens with zero attached hydrogens (tertiary/aromatic N) is 3. The highest BCUT2D eigenvalue weighted by Gasteiger charge is 2.23. The van der Waals surface area contributed by atoms with Crippen LogP contribution in [0.3, 0.4) is 0 Å². The third-order valence-electron chi connectivity index (χ3n) is 6.65. The second-order valence-corrected chi connectivity index (χ2v) is 9.27. The number of amides is 3. The summed E-state index contributed by atoms with van der Waals surface area (Å²) in [5.74, 6) is 0.488. The number of carbonyl (C=O) groups is 2. The van der Waals surface area contributed by atoms with Crippen molar-refractivity contribution < 1.29 is 19.1 Å². The van der Waals surface area contributed by atoms with Crippen molar-refractivity contribution in [2.75, 3.05) is 45.8 Å². The van der Waals surface area contributed by atoms with Gasteiger partial charge in [-0.2, -0.15) is 5.26 Å². The van der Waals surface area contributed by atoms with Gasteiger partial charge in [0, 0.05) is 55.1 Å². The molecule has 206 valence electrons. The van der Waals surface area contributed by atoms with Crippen LogP contribution in [0.4, 0.5) is 10.5 Å². The van der Waals surface area contributed by atoms with Gasteiger partial charge in [-0.05, 0) is 42.3 Å². The molecular weight excluding hydrogens is 506 g/mol. The van der Waals surface area contributed by atoms with E-state index in [0.29, 0.717) is 36.5 Å².